The van der Waals surface area contributed by atoms with Gasteiger partial charge in [-0.1, -0.05) is 0 Å². The van der Waals surface area contributed by atoms with E-state index in [4.69, 9.17) is 20.0 Å². The molecule has 4 heteroatoms. The van der Waals surface area contributed by atoms with Crippen molar-refractivity contribution < 1.29 is 14.6 Å². The molecular formula is C6H11NO3. The van der Waals surface area contributed by atoms with E-state index in [0.29, 0.717) is 0 Å². The highest BCUT2D eigenvalue weighted by atomic mass is 16.5. The molecule has 1 rings (SSSR count). The third-order valence-corrected chi connectivity index (χ3v) is 1.23. The molecule has 1 aliphatic rings. The van der Waals surface area contributed by atoms with Crippen molar-refractivity contribution in [3.8, 4) is 0 Å². The molecule has 58 valence electrons. The van der Waals surface area contributed by atoms with Crippen LogP contribution in [0.2, 0.25) is 0 Å². The van der Waals surface area contributed by atoms with Gasteiger partial charge in [0.2, 0.25) is 6.08 Å². The van der Waals surface area contributed by atoms with Crippen LogP contribution in [-0.4, -0.2) is 30.5 Å². The minimum Gasteiger partial charge on any atom is -0.394 e. The fourth-order valence-corrected chi connectivity index (χ4v) is 0.788. The fraction of sp³-hybridized carbons (Fsp3) is 0.833. The van der Waals surface area contributed by atoms with Gasteiger partial charge in [0.25, 0.3) is 0 Å². The SMILES string of the molecule is N=C=O.OCC1CCCO1. The summed E-state index contributed by atoms with van der Waals surface area (Å²) in [6, 6.07) is 0. The number of rotatable bonds is 1. The Morgan fingerprint density at radius 1 is 1.80 bits per heavy atom. The third kappa shape index (κ3) is 4.21. The molecule has 0 aromatic rings. The molecule has 0 radical (unpaired) electrons. The number of nitrogens with one attached hydrogen (secondary N) is 1. The van der Waals surface area contributed by atoms with E-state index < -0.39 is 0 Å². The van der Waals surface area contributed by atoms with Gasteiger partial charge in [0.05, 0.1) is 12.7 Å². The normalized spacial score (nSPS) is 22.7. The summed E-state index contributed by atoms with van der Waals surface area (Å²) in [6.07, 6.45) is 3.06. The van der Waals surface area contributed by atoms with Crippen molar-refractivity contribution in [2.75, 3.05) is 13.2 Å². The highest BCUT2D eigenvalue weighted by molar-refractivity contribution is 5.26. The van der Waals surface area contributed by atoms with Crippen LogP contribution in [0.4, 0.5) is 0 Å². The predicted octanol–water partition coefficient (Wildman–Crippen LogP) is 0.0587. The van der Waals surface area contributed by atoms with Crippen molar-refractivity contribution in [3.63, 3.8) is 0 Å². The van der Waals surface area contributed by atoms with Gasteiger partial charge in [-0.15, -0.1) is 0 Å². The molecule has 4 nitrogen and oxygen atoms in total. The van der Waals surface area contributed by atoms with Gasteiger partial charge >= 0.3 is 0 Å². The van der Waals surface area contributed by atoms with Crippen LogP contribution in [0.25, 0.3) is 0 Å². The Hall–Kier alpha value is -0.700. The summed E-state index contributed by atoms with van der Waals surface area (Å²) in [6.45, 7) is 1.03. The second-order valence-electron chi connectivity index (χ2n) is 1.92. The average Bonchev–Trinajstić information content (AvgIpc) is 2.39. The summed E-state index contributed by atoms with van der Waals surface area (Å²) in [5, 5.41) is 13.8. The molecular weight excluding hydrogens is 134 g/mol. The van der Waals surface area contributed by atoms with Gasteiger partial charge in [0.1, 0.15) is 0 Å². The summed E-state index contributed by atoms with van der Waals surface area (Å²) in [5.74, 6) is 0. The molecule has 0 spiro atoms. The summed E-state index contributed by atoms with van der Waals surface area (Å²) in [5.41, 5.74) is 0. The molecule has 1 atom stereocenters. The van der Waals surface area contributed by atoms with Crippen molar-refractivity contribution in [3.05, 3.63) is 0 Å². The Morgan fingerprint density at radius 3 is 2.60 bits per heavy atom. The zero-order chi connectivity index (χ0) is 7.82. The number of isocyanates is 1. The van der Waals surface area contributed by atoms with Gasteiger partial charge in [-0.25, -0.2) is 10.2 Å². The van der Waals surface area contributed by atoms with Crippen LogP contribution in [0.5, 0.6) is 0 Å². The predicted molar refractivity (Wildman–Crippen MR) is 34.5 cm³/mol. The maximum absolute atomic E-state index is 8.44. The summed E-state index contributed by atoms with van der Waals surface area (Å²) < 4.78 is 5.05. The maximum atomic E-state index is 8.44. The lowest BCUT2D eigenvalue weighted by atomic mass is 10.2. The average molecular weight is 145 g/mol. The molecule has 0 saturated carbocycles. The van der Waals surface area contributed by atoms with E-state index in [9.17, 15) is 0 Å². The van der Waals surface area contributed by atoms with E-state index in [1.54, 1.807) is 0 Å². The Kier molecular flexibility index (Phi) is 5.97. The van der Waals surface area contributed by atoms with Crippen LogP contribution in [0.1, 0.15) is 12.8 Å². The van der Waals surface area contributed by atoms with Crippen molar-refractivity contribution in [1.82, 2.24) is 0 Å². The summed E-state index contributed by atoms with van der Waals surface area (Å²) in [4.78, 5) is 8.35. The Morgan fingerprint density at radius 2 is 2.40 bits per heavy atom. The highest BCUT2D eigenvalue weighted by Gasteiger charge is 2.12. The Bertz CT molecular complexity index is 104. The van der Waals surface area contributed by atoms with Crippen LogP contribution < -0.4 is 0 Å². The van der Waals surface area contributed by atoms with Gasteiger partial charge in [-0.2, -0.15) is 0 Å². The first kappa shape index (κ1) is 9.30. The lowest BCUT2D eigenvalue weighted by Crippen LogP contribution is -2.09. The smallest absolute Gasteiger partial charge is 0.231 e. The molecule has 1 heterocycles. The van der Waals surface area contributed by atoms with Crippen LogP contribution in [-0.2, 0) is 9.53 Å². The van der Waals surface area contributed by atoms with E-state index in [1.165, 1.54) is 0 Å². The Balaban J connectivity index is 0.000000236. The van der Waals surface area contributed by atoms with E-state index in [2.05, 4.69) is 0 Å². The number of carbonyl (C=O) groups excluding carboxylic acids is 1. The van der Waals surface area contributed by atoms with Crippen LogP contribution in [0, 0.1) is 5.41 Å². The van der Waals surface area contributed by atoms with Crippen LogP contribution in [0.3, 0.4) is 0 Å². The van der Waals surface area contributed by atoms with E-state index in [1.807, 2.05) is 0 Å². The molecule has 0 aromatic carbocycles. The molecule has 2 N–H and O–H groups in total. The maximum Gasteiger partial charge on any atom is 0.231 e. The van der Waals surface area contributed by atoms with Crippen molar-refractivity contribution >= 4 is 6.08 Å². The third-order valence-electron chi connectivity index (χ3n) is 1.23. The molecule has 0 amide bonds. The number of hydrogen-bond donors (Lipinski definition) is 2. The van der Waals surface area contributed by atoms with E-state index in [0.717, 1.165) is 25.5 Å². The zero-order valence-corrected chi connectivity index (χ0v) is 5.67. The molecule has 1 fully saturated rings. The van der Waals surface area contributed by atoms with E-state index in [-0.39, 0.29) is 12.7 Å². The molecule has 0 bridgehead atoms. The van der Waals surface area contributed by atoms with Crippen molar-refractivity contribution in [2.45, 2.75) is 18.9 Å². The zero-order valence-electron chi connectivity index (χ0n) is 5.67. The quantitative estimate of drug-likeness (QED) is 0.405. The van der Waals surface area contributed by atoms with E-state index >= 15 is 0 Å². The Labute approximate surface area is 59.3 Å². The first-order valence-corrected chi connectivity index (χ1v) is 3.11. The summed E-state index contributed by atoms with van der Waals surface area (Å²) >= 11 is 0. The topological polar surface area (TPSA) is 70.4 Å². The van der Waals surface area contributed by atoms with Gasteiger partial charge in [0, 0.05) is 6.61 Å². The number of aliphatic hydroxyl groups is 1. The summed E-state index contributed by atoms with van der Waals surface area (Å²) in [7, 11) is 0. The number of aliphatic hydroxyl groups excluding tert-OH is 1. The number of hydrogen-bond acceptors (Lipinski definition) is 4. The molecule has 0 aromatic heterocycles. The minimum atomic E-state index is 0.153. The van der Waals surface area contributed by atoms with Gasteiger partial charge in [-0.05, 0) is 12.8 Å². The van der Waals surface area contributed by atoms with Gasteiger partial charge < -0.3 is 9.84 Å². The molecule has 10 heavy (non-hydrogen) atoms. The number of ether oxygens (including phenoxy) is 1. The van der Waals surface area contributed by atoms with Crippen LogP contribution >= 0.6 is 0 Å². The lowest BCUT2D eigenvalue weighted by Gasteiger charge is -2.00. The monoisotopic (exact) mass is 145 g/mol. The molecule has 1 unspecified atom stereocenters. The van der Waals surface area contributed by atoms with Crippen molar-refractivity contribution in [2.24, 2.45) is 0 Å². The molecule has 1 aliphatic heterocycles. The van der Waals surface area contributed by atoms with Gasteiger partial charge in [-0.3, -0.25) is 0 Å². The first-order chi connectivity index (χ1) is 4.85. The molecule has 0 aliphatic carbocycles. The second-order valence-corrected chi connectivity index (χ2v) is 1.92. The standard InChI is InChI=1S/C5H10O2.CHNO/c6-4-5-2-1-3-7-5;2-1-3/h5-6H,1-4H2;2H. The van der Waals surface area contributed by atoms with Crippen molar-refractivity contribution in [1.29, 1.82) is 5.41 Å². The second kappa shape index (κ2) is 6.42. The highest BCUT2D eigenvalue weighted by Crippen LogP contribution is 2.09. The minimum absolute atomic E-state index is 0.153. The fourth-order valence-electron chi connectivity index (χ4n) is 0.788. The van der Waals surface area contributed by atoms with Crippen LogP contribution in [0.15, 0.2) is 0 Å². The first-order valence-electron chi connectivity index (χ1n) is 3.11. The molecule has 1 saturated heterocycles. The van der Waals surface area contributed by atoms with Gasteiger partial charge in [0.15, 0.2) is 0 Å². The largest absolute Gasteiger partial charge is 0.394 e. The lowest BCUT2D eigenvalue weighted by molar-refractivity contribution is 0.0591.